The standard InChI is InChI=1S/C26H21NO5/c1-14-11-12-17(15(2)13-14)26(31)32-16(3)25(30)27-21-10-6-9-20-22(21)24(29)19-8-5-4-7-18(19)23(20)28/h4-13,16H,1-3H3,(H,27,30). The molecule has 0 saturated carbocycles. The number of amides is 1. The largest absolute Gasteiger partial charge is 0.449 e. The van der Waals surface area contributed by atoms with Crippen molar-refractivity contribution in [3.8, 4) is 0 Å². The molecule has 0 spiro atoms. The lowest BCUT2D eigenvalue weighted by molar-refractivity contribution is -0.123. The van der Waals surface area contributed by atoms with Gasteiger partial charge in [0.25, 0.3) is 5.91 Å². The van der Waals surface area contributed by atoms with Crippen LogP contribution >= 0.6 is 0 Å². The number of aryl methyl sites for hydroxylation is 2. The van der Waals surface area contributed by atoms with Crippen molar-refractivity contribution in [3.63, 3.8) is 0 Å². The molecular formula is C26H21NO5. The van der Waals surface area contributed by atoms with Gasteiger partial charge in [0.1, 0.15) is 0 Å². The molecule has 3 aromatic carbocycles. The Hall–Kier alpha value is -4.06. The van der Waals surface area contributed by atoms with Crippen LogP contribution in [0.3, 0.4) is 0 Å². The topological polar surface area (TPSA) is 89.5 Å². The van der Waals surface area contributed by atoms with Gasteiger partial charge in [0.15, 0.2) is 17.7 Å². The van der Waals surface area contributed by atoms with Crippen LogP contribution in [0.4, 0.5) is 5.69 Å². The molecular weight excluding hydrogens is 406 g/mol. The number of carbonyl (C=O) groups is 4. The summed E-state index contributed by atoms with van der Waals surface area (Å²) in [6.45, 7) is 5.17. The lowest BCUT2D eigenvalue weighted by Gasteiger charge is -2.21. The smallest absolute Gasteiger partial charge is 0.339 e. The summed E-state index contributed by atoms with van der Waals surface area (Å²) in [5.41, 5.74) is 3.34. The normalized spacial score (nSPS) is 13.1. The van der Waals surface area contributed by atoms with Gasteiger partial charge in [-0.3, -0.25) is 14.4 Å². The first kappa shape index (κ1) is 21.2. The van der Waals surface area contributed by atoms with Gasteiger partial charge in [-0.1, -0.05) is 54.1 Å². The van der Waals surface area contributed by atoms with Crippen molar-refractivity contribution in [1.29, 1.82) is 0 Å². The lowest BCUT2D eigenvalue weighted by atomic mass is 9.83. The molecule has 0 aliphatic heterocycles. The van der Waals surface area contributed by atoms with E-state index < -0.39 is 18.0 Å². The molecule has 6 heteroatoms. The average Bonchev–Trinajstić information content (AvgIpc) is 2.77. The first-order valence-corrected chi connectivity index (χ1v) is 10.2. The molecule has 1 atom stereocenters. The molecule has 160 valence electrons. The zero-order valence-electron chi connectivity index (χ0n) is 17.9. The van der Waals surface area contributed by atoms with Crippen molar-refractivity contribution < 1.29 is 23.9 Å². The maximum Gasteiger partial charge on any atom is 0.339 e. The molecule has 1 unspecified atom stereocenters. The fraction of sp³-hybridized carbons (Fsp3) is 0.154. The second kappa shape index (κ2) is 8.23. The second-order valence-electron chi connectivity index (χ2n) is 7.79. The van der Waals surface area contributed by atoms with Gasteiger partial charge < -0.3 is 10.1 Å². The van der Waals surface area contributed by atoms with Crippen molar-refractivity contribution in [2.75, 3.05) is 5.32 Å². The SMILES string of the molecule is Cc1ccc(C(=O)OC(C)C(=O)Nc2cccc3c2C(=O)c2ccccc2C3=O)c(C)c1. The number of fused-ring (bicyclic) bond motifs is 2. The zero-order chi connectivity index (χ0) is 23.0. The maximum absolute atomic E-state index is 13.1. The van der Waals surface area contributed by atoms with Gasteiger partial charge in [-0.05, 0) is 38.5 Å². The van der Waals surface area contributed by atoms with E-state index in [9.17, 15) is 19.2 Å². The fourth-order valence-electron chi connectivity index (χ4n) is 3.80. The molecule has 6 nitrogen and oxygen atoms in total. The summed E-state index contributed by atoms with van der Waals surface area (Å²) < 4.78 is 5.34. The maximum atomic E-state index is 13.1. The number of nitrogens with one attached hydrogen (secondary N) is 1. The van der Waals surface area contributed by atoms with Crippen LogP contribution in [0.25, 0.3) is 0 Å². The monoisotopic (exact) mass is 427 g/mol. The number of rotatable bonds is 4. The second-order valence-corrected chi connectivity index (χ2v) is 7.79. The third-order valence-corrected chi connectivity index (χ3v) is 5.47. The fourth-order valence-corrected chi connectivity index (χ4v) is 3.80. The quantitative estimate of drug-likeness (QED) is 0.492. The van der Waals surface area contributed by atoms with Crippen LogP contribution < -0.4 is 5.32 Å². The summed E-state index contributed by atoms with van der Waals surface area (Å²) in [6, 6.07) is 16.6. The van der Waals surface area contributed by atoms with E-state index in [1.165, 1.54) is 6.92 Å². The van der Waals surface area contributed by atoms with E-state index in [4.69, 9.17) is 4.74 Å². The number of carbonyl (C=O) groups excluding carboxylic acids is 4. The van der Waals surface area contributed by atoms with E-state index in [0.717, 1.165) is 11.1 Å². The van der Waals surface area contributed by atoms with Gasteiger partial charge in [-0.25, -0.2) is 4.79 Å². The lowest BCUT2D eigenvalue weighted by Crippen LogP contribution is -2.31. The van der Waals surface area contributed by atoms with Gasteiger partial charge in [0, 0.05) is 16.7 Å². The van der Waals surface area contributed by atoms with Crippen molar-refractivity contribution in [2.45, 2.75) is 26.9 Å². The Labute approximate surface area is 185 Å². The molecule has 4 rings (SSSR count). The average molecular weight is 427 g/mol. The van der Waals surface area contributed by atoms with Crippen LogP contribution in [-0.2, 0) is 9.53 Å². The number of hydrogen-bond acceptors (Lipinski definition) is 5. The number of benzene rings is 3. The summed E-state index contributed by atoms with van der Waals surface area (Å²) in [4.78, 5) is 51.2. The van der Waals surface area contributed by atoms with E-state index in [2.05, 4.69) is 5.32 Å². The van der Waals surface area contributed by atoms with E-state index in [0.29, 0.717) is 16.7 Å². The zero-order valence-corrected chi connectivity index (χ0v) is 17.9. The summed E-state index contributed by atoms with van der Waals surface area (Å²) in [5, 5.41) is 2.64. The highest BCUT2D eigenvalue weighted by Crippen LogP contribution is 2.32. The van der Waals surface area contributed by atoms with Crippen LogP contribution in [0.15, 0.2) is 60.7 Å². The molecule has 1 aliphatic carbocycles. The van der Waals surface area contributed by atoms with Crippen LogP contribution in [0.5, 0.6) is 0 Å². The predicted molar refractivity (Wildman–Crippen MR) is 119 cm³/mol. The molecule has 1 amide bonds. The third-order valence-electron chi connectivity index (χ3n) is 5.47. The van der Waals surface area contributed by atoms with E-state index in [-0.39, 0.29) is 28.4 Å². The summed E-state index contributed by atoms with van der Waals surface area (Å²) in [6.07, 6.45) is -1.11. The van der Waals surface area contributed by atoms with Gasteiger partial charge >= 0.3 is 5.97 Å². The Morgan fingerprint density at radius 3 is 2.19 bits per heavy atom. The van der Waals surface area contributed by atoms with Crippen LogP contribution in [0.1, 0.15) is 60.3 Å². The molecule has 0 bridgehead atoms. The summed E-state index contributed by atoms with van der Waals surface area (Å²) in [5.74, 6) is -1.83. The van der Waals surface area contributed by atoms with Crippen LogP contribution in [0.2, 0.25) is 0 Å². The molecule has 32 heavy (non-hydrogen) atoms. The highest BCUT2D eigenvalue weighted by molar-refractivity contribution is 6.30. The Bertz CT molecular complexity index is 1290. The van der Waals surface area contributed by atoms with Crippen LogP contribution in [0, 0.1) is 13.8 Å². The van der Waals surface area contributed by atoms with Crippen molar-refractivity contribution in [1.82, 2.24) is 0 Å². The van der Waals surface area contributed by atoms with Crippen molar-refractivity contribution in [3.05, 3.63) is 99.6 Å². The first-order chi connectivity index (χ1) is 15.3. The van der Waals surface area contributed by atoms with Gasteiger partial charge in [-0.2, -0.15) is 0 Å². The van der Waals surface area contributed by atoms with E-state index >= 15 is 0 Å². The Balaban J connectivity index is 1.56. The minimum Gasteiger partial charge on any atom is -0.449 e. The van der Waals surface area contributed by atoms with E-state index in [1.807, 2.05) is 13.0 Å². The van der Waals surface area contributed by atoms with Gasteiger partial charge in [0.2, 0.25) is 0 Å². The van der Waals surface area contributed by atoms with Crippen LogP contribution in [-0.4, -0.2) is 29.5 Å². The minimum atomic E-state index is -1.11. The molecule has 0 radical (unpaired) electrons. The molecule has 3 aromatic rings. The minimum absolute atomic E-state index is 0.137. The Kier molecular flexibility index (Phi) is 5.45. The van der Waals surface area contributed by atoms with E-state index in [1.54, 1.807) is 61.5 Å². The predicted octanol–water partition coefficient (Wildman–Crippen LogP) is 4.26. The summed E-state index contributed by atoms with van der Waals surface area (Å²) in [7, 11) is 0. The highest BCUT2D eigenvalue weighted by atomic mass is 16.5. The molecule has 1 aliphatic rings. The van der Waals surface area contributed by atoms with Gasteiger partial charge in [-0.15, -0.1) is 0 Å². The van der Waals surface area contributed by atoms with Crippen molar-refractivity contribution >= 4 is 29.1 Å². The van der Waals surface area contributed by atoms with Gasteiger partial charge in [0.05, 0.1) is 16.8 Å². The number of esters is 1. The molecule has 0 heterocycles. The first-order valence-electron chi connectivity index (χ1n) is 10.2. The number of hydrogen-bond donors (Lipinski definition) is 1. The third kappa shape index (κ3) is 3.71. The number of ketones is 2. The summed E-state index contributed by atoms with van der Waals surface area (Å²) >= 11 is 0. The molecule has 1 N–H and O–H groups in total. The molecule has 0 aromatic heterocycles. The highest BCUT2D eigenvalue weighted by Gasteiger charge is 2.32. The van der Waals surface area contributed by atoms with Crippen molar-refractivity contribution in [2.24, 2.45) is 0 Å². The number of anilines is 1. The molecule has 0 saturated heterocycles. The molecule has 0 fully saturated rings. The Morgan fingerprint density at radius 1 is 0.844 bits per heavy atom. The number of ether oxygens (including phenoxy) is 1. The Morgan fingerprint density at radius 2 is 1.50 bits per heavy atom.